The maximum atomic E-state index is 10.8. The third-order valence-corrected chi connectivity index (χ3v) is 1.93. The Bertz CT molecular complexity index is 487. The second kappa shape index (κ2) is 8.84. The van der Waals surface area contributed by atoms with Crippen LogP contribution in [0.25, 0.3) is 0 Å². The van der Waals surface area contributed by atoms with Gasteiger partial charge in [-0.1, -0.05) is 13.8 Å². The number of carbonyl (C=O) groups excluding carboxylic acids is 1. The van der Waals surface area contributed by atoms with E-state index < -0.39 is 5.91 Å². The summed E-state index contributed by atoms with van der Waals surface area (Å²) in [6.45, 7) is 9.67. The lowest BCUT2D eigenvalue weighted by Crippen LogP contribution is -2.23. The van der Waals surface area contributed by atoms with Gasteiger partial charge in [-0.25, -0.2) is 9.98 Å². The number of hydrogen-bond acceptors (Lipinski definition) is 3. The average molecular weight is 280 g/mol. The van der Waals surface area contributed by atoms with Crippen molar-refractivity contribution in [1.29, 1.82) is 0 Å². The largest absolute Gasteiger partial charge is 0.387 e. The number of aliphatic imine (C=N–C) groups is 2. The van der Waals surface area contributed by atoms with Gasteiger partial charge in [0.05, 0.1) is 12.6 Å². The SMILES string of the molecule is CC.Cc1ncc(C(N=C(N)CC(N)=O)=NC(C)C)[nH]1. The molecule has 7 heteroatoms. The van der Waals surface area contributed by atoms with Crippen LogP contribution in [0.1, 0.15) is 45.6 Å². The molecule has 0 unspecified atom stereocenters. The molecule has 1 aromatic heterocycles. The molecule has 1 aromatic rings. The molecule has 0 bridgehead atoms. The summed E-state index contributed by atoms with van der Waals surface area (Å²) in [5.74, 6) is 0.782. The number of rotatable bonds is 4. The fourth-order valence-corrected chi connectivity index (χ4v) is 1.29. The first kappa shape index (κ1) is 17.8. The van der Waals surface area contributed by atoms with Gasteiger partial charge in [0.1, 0.15) is 17.4 Å². The van der Waals surface area contributed by atoms with E-state index >= 15 is 0 Å². The molecule has 0 saturated carbocycles. The number of carbonyl (C=O) groups is 1. The number of nitrogens with zero attached hydrogens (tertiary/aromatic N) is 3. The second-order valence-corrected chi connectivity index (χ2v) is 4.17. The Labute approximate surface area is 119 Å². The number of amidine groups is 2. The van der Waals surface area contributed by atoms with Crippen LogP contribution in [0, 0.1) is 6.92 Å². The number of primary amides is 1. The summed E-state index contributed by atoms with van der Waals surface area (Å²) in [6, 6.07) is 0.0498. The third kappa shape index (κ3) is 6.67. The summed E-state index contributed by atoms with van der Waals surface area (Å²) in [6.07, 6.45) is 1.53. The highest BCUT2D eigenvalue weighted by Crippen LogP contribution is 2.03. The molecular weight excluding hydrogens is 256 g/mol. The molecule has 0 fully saturated rings. The number of H-pyrrole nitrogens is 1. The van der Waals surface area contributed by atoms with Gasteiger partial charge in [0, 0.05) is 6.04 Å². The van der Waals surface area contributed by atoms with Crippen molar-refractivity contribution < 1.29 is 4.79 Å². The van der Waals surface area contributed by atoms with Gasteiger partial charge in [-0.2, -0.15) is 0 Å². The number of aromatic nitrogens is 2. The van der Waals surface area contributed by atoms with Crippen molar-refractivity contribution in [2.75, 3.05) is 0 Å². The molecule has 0 aliphatic rings. The first-order valence-corrected chi connectivity index (χ1v) is 6.59. The number of imidazole rings is 1. The molecule has 7 nitrogen and oxygen atoms in total. The minimum absolute atomic E-state index is 0.0498. The molecule has 0 aliphatic heterocycles. The Balaban J connectivity index is 0.00000172. The molecule has 1 rings (SSSR count). The Morgan fingerprint density at radius 1 is 1.40 bits per heavy atom. The van der Waals surface area contributed by atoms with Crippen molar-refractivity contribution in [3.05, 3.63) is 17.7 Å². The number of nitrogens with one attached hydrogen (secondary N) is 1. The van der Waals surface area contributed by atoms with Crippen LogP contribution in [0.2, 0.25) is 0 Å². The Morgan fingerprint density at radius 2 is 2.00 bits per heavy atom. The van der Waals surface area contributed by atoms with Crippen molar-refractivity contribution in [3.8, 4) is 0 Å². The molecule has 0 aromatic carbocycles. The van der Waals surface area contributed by atoms with E-state index in [-0.39, 0.29) is 18.3 Å². The Hall–Kier alpha value is -2.18. The Kier molecular flexibility index (Phi) is 7.88. The number of aromatic amines is 1. The van der Waals surface area contributed by atoms with E-state index in [1.807, 2.05) is 34.6 Å². The van der Waals surface area contributed by atoms with Crippen LogP contribution in [-0.4, -0.2) is 33.6 Å². The first-order valence-electron chi connectivity index (χ1n) is 6.59. The minimum atomic E-state index is -0.527. The van der Waals surface area contributed by atoms with E-state index in [4.69, 9.17) is 11.5 Å². The molecule has 112 valence electrons. The summed E-state index contributed by atoms with van der Waals surface area (Å²) in [4.78, 5) is 26.3. The summed E-state index contributed by atoms with van der Waals surface area (Å²) in [7, 11) is 0. The first-order chi connectivity index (χ1) is 9.38. The molecule has 1 heterocycles. The van der Waals surface area contributed by atoms with E-state index in [1.165, 1.54) is 0 Å². The van der Waals surface area contributed by atoms with Gasteiger partial charge < -0.3 is 16.5 Å². The third-order valence-electron chi connectivity index (χ3n) is 1.93. The van der Waals surface area contributed by atoms with E-state index in [0.29, 0.717) is 11.5 Å². The van der Waals surface area contributed by atoms with Gasteiger partial charge in [0.2, 0.25) is 5.91 Å². The highest BCUT2D eigenvalue weighted by Gasteiger charge is 2.08. The van der Waals surface area contributed by atoms with Crippen LogP contribution in [0.5, 0.6) is 0 Å². The molecule has 5 N–H and O–H groups in total. The lowest BCUT2D eigenvalue weighted by molar-refractivity contribution is -0.116. The molecule has 0 saturated heterocycles. The number of nitrogens with two attached hydrogens (primary N) is 2. The molecule has 20 heavy (non-hydrogen) atoms. The maximum Gasteiger partial charge on any atom is 0.224 e. The lowest BCUT2D eigenvalue weighted by atomic mass is 10.3. The summed E-state index contributed by atoms with van der Waals surface area (Å²) in [5.41, 5.74) is 11.3. The predicted octanol–water partition coefficient (Wildman–Crippen LogP) is 1.13. The van der Waals surface area contributed by atoms with E-state index in [9.17, 15) is 4.79 Å². The molecular formula is C13H24N6O. The van der Waals surface area contributed by atoms with Gasteiger partial charge in [0.15, 0.2) is 5.84 Å². The van der Waals surface area contributed by atoms with Crippen LogP contribution < -0.4 is 11.5 Å². The lowest BCUT2D eigenvalue weighted by Gasteiger charge is -2.03. The quantitative estimate of drug-likeness (QED) is 0.566. The molecule has 0 aliphatic carbocycles. The van der Waals surface area contributed by atoms with Gasteiger partial charge in [-0.3, -0.25) is 9.79 Å². The van der Waals surface area contributed by atoms with E-state index in [2.05, 4.69) is 20.0 Å². The molecule has 0 atom stereocenters. The van der Waals surface area contributed by atoms with Crippen molar-refractivity contribution in [3.63, 3.8) is 0 Å². The van der Waals surface area contributed by atoms with Crippen molar-refractivity contribution in [2.45, 2.75) is 47.1 Å². The monoisotopic (exact) mass is 280 g/mol. The summed E-state index contributed by atoms with van der Waals surface area (Å²) in [5, 5.41) is 0. The van der Waals surface area contributed by atoms with Crippen molar-refractivity contribution >= 4 is 17.6 Å². The highest BCUT2D eigenvalue weighted by molar-refractivity contribution is 6.08. The van der Waals surface area contributed by atoms with Gasteiger partial charge in [0.25, 0.3) is 0 Å². The minimum Gasteiger partial charge on any atom is -0.387 e. The molecule has 1 amide bonds. The molecule has 0 spiro atoms. The predicted molar refractivity (Wildman–Crippen MR) is 81.8 cm³/mol. The normalized spacial score (nSPS) is 12.1. The number of hydrogen-bond donors (Lipinski definition) is 3. The summed E-state index contributed by atoms with van der Waals surface area (Å²) >= 11 is 0. The zero-order valence-corrected chi connectivity index (χ0v) is 12.8. The topological polar surface area (TPSA) is 123 Å². The number of amides is 1. The standard InChI is InChI=1S/C11H18N6O.C2H6/c1-6(2)15-11(8-5-14-7(3)16-8)17-9(12)4-10(13)18;1-2/h5-6H,4H2,1-3H3,(H2,13,18)(H,14,16)(H2,12,15,17);1-2H3. The van der Waals surface area contributed by atoms with Gasteiger partial charge in [-0.15, -0.1) is 0 Å². The van der Waals surface area contributed by atoms with Gasteiger partial charge in [-0.05, 0) is 20.8 Å². The van der Waals surface area contributed by atoms with Crippen LogP contribution in [0.3, 0.4) is 0 Å². The van der Waals surface area contributed by atoms with Crippen LogP contribution in [0.4, 0.5) is 0 Å². The van der Waals surface area contributed by atoms with Gasteiger partial charge >= 0.3 is 0 Å². The fraction of sp³-hybridized carbons (Fsp3) is 0.538. The highest BCUT2D eigenvalue weighted by atomic mass is 16.1. The smallest absolute Gasteiger partial charge is 0.224 e. The second-order valence-electron chi connectivity index (χ2n) is 4.17. The van der Waals surface area contributed by atoms with E-state index in [0.717, 1.165) is 5.82 Å². The zero-order valence-electron chi connectivity index (χ0n) is 12.8. The summed E-state index contributed by atoms with van der Waals surface area (Å²) < 4.78 is 0. The Morgan fingerprint density at radius 3 is 2.40 bits per heavy atom. The van der Waals surface area contributed by atoms with Crippen LogP contribution in [0.15, 0.2) is 16.2 Å². The van der Waals surface area contributed by atoms with E-state index in [1.54, 1.807) is 6.20 Å². The van der Waals surface area contributed by atoms with Crippen LogP contribution >= 0.6 is 0 Å². The van der Waals surface area contributed by atoms with Crippen molar-refractivity contribution in [2.24, 2.45) is 21.5 Å². The van der Waals surface area contributed by atoms with Crippen molar-refractivity contribution in [1.82, 2.24) is 9.97 Å². The average Bonchev–Trinajstić information content (AvgIpc) is 2.76. The molecule has 0 radical (unpaired) electrons. The number of aryl methyl sites for hydroxylation is 1. The maximum absolute atomic E-state index is 10.8. The zero-order chi connectivity index (χ0) is 15.7. The fourth-order valence-electron chi connectivity index (χ4n) is 1.29. The van der Waals surface area contributed by atoms with Crippen LogP contribution in [-0.2, 0) is 4.79 Å².